The molecule has 2 N–H and O–H groups in total. The lowest BCUT2D eigenvalue weighted by atomic mass is 10.0. The van der Waals surface area contributed by atoms with Gasteiger partial charge in [-0.15, -0.1) is 0 Å². The molecule has 164 valence electrons. The van der Waals surface area contributed by atoms with Gasteiger partial charge in [-0.2, -0.15) is 0 Å². The fraction of sp³-hybridized carbons (Fsp3) is 0.261. The first-order chi connectivity index (χ1) is 14.7. The van der Waals surface area contributed by atoms with Crippen LogP contribution in [0.1, 0.15) is 48.6 Å². The van der Waals surface area contributed by atoms with Crippen molar-refractivity contribution in [2.24, 2.45) is 0 Å². The van der Waals surface area contributed by atoms with E-state index in [-0.39, 0.29) is 34.5 Å². The van der Waals surface area contributed by atoms with E-state index in [9.17, 15) is 18.3 Å². The molecule has 0 atom stereocenters. The Bertz CT molecular complexity index is 1160. The van der Waals surface area contributed by atoms with E-state index in [0.717, 1.165) is 0 Å². The quantitative estimate of drug-likeness (QED) is 0.488. The zero-order chi connectivity index (χ0) is 22.6. The number of phenols is 1. The van der Waals surface area contributed by atoms with Gasteiger partial charge in [-0.1, -0.05) is 32.9 Å². The molecule has 0 saturated carbocycles. The fourth-order valence-electron chi connectivity index (χ4n) is 2.84. The van der Waals surface area contributed by atoms with Gasteiger partial charge in [-0.3, -0.25) is 4.79 Å². The predicted molar refractivity (Wildman–Crippen MR) is 117 cm³/mol. The van der Waals surface area contributed by atoms with Gasteiger partial charge in [-0.05, 0) is 53.9 Å². The Balaban J connectivity index is 1.66. The summed E-state index contributed by atoms with van der Waals surface area (Å²) in [5.41, 5.74) is 1.20. The third-order valence-electron chi connectivity index (χ3n) is 4.77. The number of amides is 1. The molecule has 0 aliphatic rings. The summed E-state index contributed by atoms with van der Waals surface area (Å²) < 4.78 is 35.3. The molecule has 3 rings (SSSR count). The number of aromatic hydroxyl groups is 1. The lowest BCUT2D eigenvalue weighted by Gasteiger charge is -2.09. The Morgan fingerprint density at radius 3 is 2.45 bits per heavy atom. The highest BCUT2D eigenvalue weighted by atomic mass is 32.2. The standard InChI is InChI=1S/C23H25NO6S/c1-4-31(27,28)19-10-11-21(25)20(13-19)24-23(26)22-12-9-18(30-22)14-29-17-7-5-16(6-8-17)15(2)3/h5-13,15,25H,4,14H2,1-3H3,(H,24,26). The number of phenolic OH excluding ortho intramolecular Hbond substituents is 1. The lowest BCUT2D eigenvalue weighted by Crippen LogP contribution is -2.12. The molecule has 1 amide bonds. The number of hydrogen-bond acceptors (Lipinski definition) is 6. The number of furan rings is 1. The van der Waals surface area contributed by atoms with Crippen molar-refractivity contribution in [1.82, 2.24) is 0 Å². The van der Waals surface area contributed by atoms with E-state index in [0.29, 0.717) is 17.4 Å². The highest BCUT2D eigenvalue weighted by Crippen LogP contribution is 2.28. The molecule has 0 aliphatic carbocycles. The molecule has 8 heteroatoms. The summed E-state index contributed by atoms with van der Waals surface area (Å²) >= 11 is 0. The molecule has 31 heavy (non-hydrogen) atoms. The zero-order valence-corrected chi connectivity index (χ0v) is 18.4. The number of rotatable bonds is 8. The van der Waals surface area contributed by atoms with Crippen molar-refractivity contribution in [3.8, 4) is 11.5 Å². The van der Waals surface area contributed by atoms with Gasteiger partial charge in [0.25, 0.3) is 5.91 Å². The SMILES string of the molecule is CCS(=O)(=O)c1ccc(O)c(NC(=O)c2ccc(COc3ccc(C(C)C)cc3)o2)c1. The van der Waals surface area contributed by atoms with Gasteiger partial charge in [0.15, 0.2) is 15.6 Å². The number of sulfone groups is 1. The van der Waals surface area contributed by atoms with Crippen LogP contribution >= 0.6 is 0 Å². The van der Waals surface area contributed by atoms with Gasteiger partial charge in [0.1, 0.15) is 23.9 Å². The molecule has 1 heterocycles. The summed E-state index contributed by atoms with van der Waals surface area (Å²) in [6, 6.07) is 14.6. The van der Waals surface area contributed by atoms with Gasteiger partial charge < -0.3 is 19.6 Å². The highest BCUT2D eigenvalue weighted by Gasteiger charge is 2.17. The summed E-state index contributed by atoms with van der Waals surface area (Å²) in [5, 5.41) is 12.5. The Morgan fingerprint density at radius 2 is 1.81 bits per heavy atom. The summed E-state index contributed by atoms with van der Waals surface area (Å²) in [4.78, 5) is 12.5. The minimum Gasteiger partial charge on any atom is -0.506 e. The largest absolute Gasteiger partial charge is 0.506 e. The molecule has 0 radical (unpaired) electrons. The van der Waals surface area contributed by atoms with Crippen LogP contribution in [-0.2, 0) is 16.4 Å². The predicted octanol–water partition coefficient (Wildman–Crippen LogP) is 4.73. The molecule has 7 nitrogen and oxygen atoms in total. The van der Waals surface area contributed by atoms with E-state index in [1.165, 1.54) is 36.8 Å². The van der Waals surface area contributed by atoms with Crippen molar-refractivity contribution < 1.29 is 27.5 Å². The highest BCUT2D eigenvalue weighted by molar-refractivity contribution is 7.91. The molecule has 0 saturated heterocycles. The molecule has 0 spiro atoms. The molecule has 0 fully saturated rings. The zero-order valence-electron chi connectivity index (χ0n) is 17.6. The monoisotopic (exact) mass is 443 g/mol. The van der Waals surface area contributed by atoms with E-state index in [4.69, 9.17) is 9.15 Å². The van der Waals surface area contributed by atoms with Crippen LogP contribution in [0.25, 0.3) is 0 Å². The summed E-state index contributed by atoms with van der Waals surface area (Å²) in [7, 11) is -3.48. The number of carbonyl (C=O) groups excluding carboxylic acids is 1. The average Bonchev–Trinajstić information content (AvgIpc) is 3.23. The minimum atomic E-state index is -3.48. The minimum absolute atomic E-state index is 0.0110. The number of anilines is 1. The summed E-state index contributed by atoms with van der Waals surface area (Å²) in [6.45, 7) is 5.89. The van der Waals surface area contributed by atoms with Crippen LogP contribution < -0.4 is 10.1 Å². The lowest BCUT2D eigenvalue weighted by molar-refractivity contribution is 0.0992. The first-order valence-electron chi connectivity index (χ1n) is 9.88. The Labute approximate surface area is 181 Å². The van der Waals surface area contributed by atoms with Crippen molar-refractivity contribution in [1.29, 1.82) is 0 Å². The van der Waals surface area contributed by atoms with Gasteiger partial charge in [0.05, 0.1) is 16.3 Å². The summed E-state index contributed by atoms with van der Waals surface area (Å²) in [6.07, 6.45) is 0. The van der Waals surface area contributed by atoms with Crippen LogP contribution in [-0.4, -0.2) is 25.2 Å². The van der Waals surface area contributed by atoms with E-state index in [1.807, 2.05) is 24.3 Å². The first kappa shape index (κ1) is 22.4. The maximum absolute atomic E-state index is 12.5. The molecule has 2 aromatic carbocycles. The molecular weight excluding hydrogens is 418 g/mol. The number of carbonyl (C=O) groups is 1. The van der Waals surface area contributed by atoms with Crippen molar-refractivity contribution in [2.45, 2.75) is 38.2 Å². The molecule has 1 aromatic heterocycles. The Kier molecular flexibility index (Phi) is 6.70. The van der Waals surface area contributed by atoms with Crippen molar-refractivity contribution >= 4 is 21.4 Å². The number of ether oxygens (including phenoxy) is 1. The van der Waals surface area contributed by atoms with E-state index in [2.05, 4.69) is 19.2 Å². The van der Waals surface area contributed by atoms with Gasteiger partial charge in [-0.25, -0.2) is 8.42 Å². The molecule has 3 aromatic rings. The normalized spacial score (nSPS) is 11.5. The van der Waals surface area contributed by atoms with Crippen LogP contribution in [0.3, 0.4) is 0 Å². The van der Waals surface area contributed by atoms with Crippen LogP contribution in [0.4, 0.5) is 5.69 Å². The Morgan fingerprint density at radius 1 is 1.10 bits per heavy atom. The average molecular weight is 444 g/mol. The van der Waals surface area contributed by atoms with Gasteiger partial charge in [0, 0.05) is 0 Å². The second-order valence-corrected chi connectivity index (χ2v) is 9.59. The number of nitrogens with one attached hydrogen (secondary N) is 1. The molecule has 0 aliphatic heterocycles. The first-order valence-corrected chi connectivity index (χ1v) is 11.5. The van der Waals surface area contributed by atoms with Gasteiger partial charge in [0.2, 0.25) is 0 Å². The smallest absolute Gasteiger partial charge is 0.291 e. The number of benzene rings is 2. The van der Waals surface area contributed by atoms with Crippen LogP contribution in [0.5, 0.6) is 11.5 Å². The van der Waals surface area contributed by atoms with Crippen LogP contribution in [0.2, 0.25) is 0 Å². The molecule has 0 bridgehead atoms. The summed E-state index contributed by atoms with van der Waals surface area (Å²) in [5.74, 6) is 0.624. The van der Waals surface area contributed by atoms with Crippen LogP contribution in [0.15, 0.2) is 63.9 Å². The third-order valence-corrected chi connectivity index (χ3v) is 6.50. The second kappa shape index (κ2) is 9.26. The number of hydrogen-bond donors (Lipinski definition) is 2. The van der Waals surface area contributed by atoms with Crippen molar-refractivity contribution in [2.75, 3.05) is 11.1 Å². The second-order valence-electron chi connectivity index (χ2n) is 7.31. The van der Waals surface area contributed by atoms with Gasteiger partial charge >= 0.3 is 0 Å². The fourth-order valence-corrected chi connectivity index (χ4v) is 3.75. The molecular formula is C23H25NO6S. The van der Waals surface area contributed by atoms with E-state index in [1.54, 1.807) is 6.07 Å². The van der Waals surface area contributed by atoms with E-state index < -0.39 is 15.7 Å². The van der Waals surface area contributed by atoms with Crippen molar-refractivity contribution in [3.05, 3.63) is 71.7 Å². The van der Waals surface area contributed by atoms with Crippen molar-refractivity contribution in [3.63, 3.8) is 0 Å². The van der Waals surface area contributed by atoms with E-state index >= 15 is 0 Å². The Hall–Kier alpha value is -3.26. The topological polar surface area (TPSA) is 106 Å². The molecule has 0 unspecified atom stereocenters. The maximum Gasteiger partial charge on any atom is 0.291 e. The van der Waals surface area contributed by atoms with Crippen LogP contribution in [0, 0.1) is 0 Å². The third kappa shape index (κ3) is 5.46. The maximum atomic E-state index is 12.5.